The molecule has 0 aliphatic carbocycles. The first kappa shape index (κ1) is 17.5. The average molecular weight is 499 g/mol. The lowest BCUT2D eigenvalue weighted by Gasteiger charge is -2.31. The minimum absolute atomic E-state index is 0.137. The van der Waals surface area contributed by atoms with E-state index < -0.39 is 0 Å². The highest BCUT2D eigenvalue weighted by atomic mass is 79.9. The van der Waals surface area contributed by atoms with Crippen molar-refractivity contribution in [2.75, 3.05) is 10.7 Å². The molecule has 0 saturated heterocycles. The number of hydrogen-bond donors (Lipinski definition) is 0. The minimum Gasteiger partial charge on any atom is -0.206 e. The molecule has 0 unspecified atom stereocenters. The Morgan fingerprint density at radius 3 is 2.33 bits per heavy atom. The molecule has 0 radical (unpaired) electrons. The zero-order valence-electron chi connectivity index (χ0n) is 11.1. The van der Waals surface area contributed by atoms with Gasteiger partial charge in [0.05, 0.1) is 4.47 Å². The van der Waals surface area contributed by atoms with Gasteiger partial charge >= 0.3 is 0 Å². The topological polar surface area (TPSA) is 0 Å². The van der Waals surface area contributed by atoms with Gasteiger partial charge in [-0.1, -0.05) is 61.7 Å². The second-order valence-corrected chi connectivity index (χ2v) is 7.40. The third kappa shape index (κ3) is 4.10. The predicted octanol–water partition coefficient (Wildman–Crippen LogP) is 6.51. The van der Waals surface area contributed by atoms with Gasteiger partial charge in [0.15, 0.2) is 0 Å². The fraction of sp³-hybridized carbons (Fsp3) is 0.250. The Morgan fingerprint density at radius 2 is 1.76 bits per heavy atom. The monoisotopic (exact) mass is 496 g/mol. The van der Waals surface area contributed by atoms with E-state index in [0.29, 0.717) is 4.47 Å². The van der Waals surface area contributed by atoms with Crippen LogP contribution in [0.15, 0.2) is 46.9 Å². The van der Waals surface area contributed by atoms with Gasteiger partial charge < -0.3 is 0 Å². The molecule has 0 saturated carbocycles. The van der Waals surface area contributed by atoms with E-state index in [-0.39, 0.29) is 11.2 Å². The molecular weight excluding hydrogens is 486 g/mol. The van der Waals surface area contributed by atoms with Crippen molar-refractivity contribution in [1.82, 2.24) is 0 Å². The highest BCUT2D eigenvalue weighted by molar-refractivity contribution is 9.10. The van der Waals surface area contributed by atoms with E-state index in [1.165, 1.54) is 6.07 Å². The Kier molecular flexibility index (Phi) is 6.30. The maximum absolute atomic E-state index is 13.4. The van der Waals surface area contributed by atoms with Crippen LogP contribution in [0.2, 0.25) is 5.02 Å². The van der Waals surface area contributed by atoms with E-state index in [2.05, 4.69) is 53.9 Å². The van der Waals surface area contributed by atoms with E-state index in [9.17, 15) is 4.39 Å². The maximum atomic E-state index is 13.4. The van der Waals surface area contributed by atoms with E-state index in [1.807, 2.05) is 30.3 Å². The zero-order valence-corrected chi connectivity index (χ0v) is 16.6. The van der Waals surface area contributed by atoms with Gasteiger partial charge in [-0.15, -0.1) is 0 Å². The zero-order chi connectivity index (χ0) is 15.5. The molecule has 0 bridgehead atoms. The molecule has 0 nitrogen and oxygen atoms in total. The highest BCUT2D eigenvalue weighted by Gasteiger charge is 2.30. The lowest BCUT2D eigenvalue weighted by Crippen LogP contribution is -2.33. The molecule has 0 N–H and O–H groups in total. The summed E-state index contributed by atoms with van der Waals surface area (Å²) in [6.07, 6.45) is 0.780. The van der Waals surface area contributed by atoms with Gasteiger partial charge in [-0.25, -0.2) is 4.39 Å². The third-order valence-electron chi connectivity index (χ3n) is 3.48. The molecule has 0 aliphatic rings. The van der Waals surface area contributed by atoms with Crippen molar-refractivity contribution in [3.8, 4) is 0 Å². The Labute approximate surface area is 154 Å². The summed E-state index contributed by atoms with van der Waals surface area (Å²) in [5.74, 6) is -0.246. The lowest BCUT2D eigenvalue weighted by atomic mass is 9.79. The molecule has 21 heavy (non-hydrogen) atoms. The average Bonchev–Trinajstić information content (AvgIpc) is 2.48. The van der Waals surface area contributed by atoms with Crippen LogP contribution in [0, 0.1) is 5.82 Å². The molecule has 0 amide bonds. The molecule has 112 valence electrons. The number of halogens is 5. The first-order chi connectivity index (χ1) is 10.0. The molecule has 0 atom stereocenters. The lowest BCUT2D eigenvalue weighted by molar-refractivity contribution is 0.549. The van der Waals surface area contributed by atoms with Gasteiger partial charge in [0.2, 0.25) is 0 Å². The van der Waals surface area contributed by atoms with Gasteiger partial charge in [0.25, 0.3) is 0 Å². The Balaban J connectivity index is 2.40. The van der Waals surface area contributed by atoms with Gasteiger partial charge in [0, 0.05) is 21.1 Å². The first-order valence-corrected chi connectivity index (χ1v) is 9.74. The van der Waals surface area contributed by atoms with Crippen molar-refractivity contribution in [3.05, 3.63) is 68.9 Å². The van der Waals surface area contributed by atoms with Gasteiger partial charge in [0.1, 0.15) is 5.82 Å². The van der Waals surface area contributed by atoms with Crippen LogP contribution in [0.25, 0.3) is 0 Å². The van der Waals surface area contributed by atoms with Crippen LogP contribution in [0.3, 0.4) is 0 Å². The quantitative estimate of drug-likeness (QED) is 0.412. The standard InChI is InChI=1S/C16H13Br3ClF/c17-9-16(10-18,12-2-1-3-13(20)7-12)8-11-4-5-15(21)14(19)6-11/h1-7H,8-10H2. The molecular formula is C16H13Br3ClF. The first-order valence-electron chi connectivity index (χ1n) is 6.33. The van der Waals surface area contributed by atoms with Crippen LogP contribution in [-0.4, -0.2) is 10.7 Å². The Bertz CT molecular complexity index is 627. The van der Waals surface area contributed by atoms with Crippen molar-refractivity contribution in [1.29, 1.82) is 0 Å². The normalized spacial score (nSPS) is 11.7. The summed E-state index contributed by atoms with van der Waals surface area (Å²) >= 11 is 16.6. The van der Waals surface area contributed by atoms with Crippen LogP contribution in [0.5, 0.6) is 0 Å². The molecule has 5 heteroatoms. The van der Waals surface area contributed by atoms with Crippen LogP contribution in [-0.2, 0) is 11.8 Å². The van der Waals surface area contributed by atoms with E-state index >= 15 is 0 Å². The SMILES string of the molecule is Fc1ccc(CC(CBr)(CBr)c2cccc(Cl)c2)cc1Br. The molecule has 0 heterocycles. The van der Waals surface area contributed by atoms with Crippen molar-refractivity contribution in [3.63, 3.8) is 0 Å². The van der Waals surface area contributed by atoms with Crippen molar-refractivity contribution in [2.45, 2.75) is 11.8 Å². The van der Waals surface area contributed by atoms with Crippen LogP contribution >= 0.6 is 59.4 Å². The largest absolute Gasteiger partial charge is 0.206 e. The summed E-state index contributed by atoms with van der Waals surface area (Å²) in [6, 6.07) is 13.0. The number of benzene rings is 2. The summed E-state index contributed by atoms with van der Waals surface area (Å²) in [5, 5.41) is 2.28. The van der Waals surface area contributed by atoms with Gasteiger partial charge in [-0.05, 0) is 57.7 Å². The van der Waals surface area contributed by atoms with E-state index in [0.717, 1.165) is 33.2 Å². The summed E-state index contributed by atoms with van der Waals surface area (Å²) < 4.78 is 13.9. The second kappa shape index (κ2) is 7.58. The molecule has 2 aromatic rings. The molecule has 0 fully saturated rings. The summed E-state index contributed by atoms with van der Waals surface area (Å²) in [6.45, 7) is 0. The molecule has 2 aromatic carbocycles. The maximum Gasteiger partial charge on any atom is 0.137 e. The van der Waals surface area contributed by atoms with Crippen molar-refractivity contribution in [2.24, 2.45) is 0 Å². The predicted molar refractivity (Wildman–Crippen MR) is 98.5 cm³/mol. The summed E-state index contributed by atoms with van der Waals surface area (Å²) in [7, 11) is 0. The van der Waals surface area contributed by atoms with E-state index in [1.54, 1.807) is 0 Å². The fourth-order valence-corrected chi connectivity index (χ4v) is 4.83. The highest BCUT2D eigenvalue weighted by Crippen LogP contribution is 2.34. The summed E-state index contributed by atoms with van der Waals surface area (Å²) in [5.41, 5.74) is 2.09. The Morgan fingerprint density at radius 1 is 1.05 bits per heavy atom. The molecule has 0 aromatic heterocycles. The van der Waals surface area contributed by atoms with Crippen LogP contribution < -0.4 is 0 Å². The molecule has 2 rings (SSSR count). The fourth-order valence-electron chi connectivity index (χ4n) is 2.25. The number of rotatable bonds is 5. The van der Waals surface area contributed by atoms with Gasteiger partial charge in [-0.3, -0.25) is 0 Å². The van der Waals surface area contributed by atoms with Crippen molar-refractivity contribution >= 4 is 59.4 Å². The van der Waals surface area contributed by atoms with Crippen LogP contribution in [0.4, 0.5) is 4.39 Å². The molecule has 0 spiro atoms. The second-order valence-electron chi connectivity index (χ2n) is 4.98. The number of alkyl halides is 2. The summed E-state index contributed by atoms with van der Waals surface area (Å²) in [4.78, 5) is 0. The Hall–Kier alpha value is 0.1000. The van der Waals surface area contributed by atoms with E-state index in [4.69, 9.17) is 11.6 Å². The smallest absolute Gasteiger partial charge is 0.137 e. The number of hydrogen-bond acceptors (Lipinski definition) is 0. The minimum atomic E-state index is -0.246. The van der Waals surface area contributed by atoms with Crippen molar-refractivity contribution < 1.29 is 4.39 Å². The molecule has 0 aliphatic heterocycles. The van der Waals surface area contributed by atoms with Crippen LogP contribution in [0.1, 0.15) is 11.1 Å². The third-order valence-corrected chi connectivity index (χ3v) is 6.46. The van der Waals surface area contributed by atoms with Gasteiger partial charge in [-0.2, -0.15) is 0 Å².